The summed E-state index contributed by atoms with van der Waals surface area (Å²) in [5.41, 5.74) is 2.57. The molecule has 0 saturated heterocycles. The second-order valence-electron chi connectivity index (χ2n) is 3.60. The molecule has 2 amide bonds. The normalized spacial score (nSPS) is 9.94. The van der Waals surface area contributed by atoms with E-state index in [1.165, 1.54) is 0 Å². The minimum Gasteiger partial charge on any atom is -0.326 e. The molecule has 1 aromatic carbocycles. The van der Waals surface area contributed by atoms with Gasteiger partial charge in [0.2, 0.25) is 11.8 Å². The molecule has 0 unspecified atom stereocenters. The second kappa shape index (κ2) is 7.20. The molecule has 1 rings (SSSR count). The molecular weight excluding hydrogens is 277 g/mol. The van der Waals surface area contributed by atoms with Crippen molar-refractivity contribution in [2.24, 2.45) is 5.84 Å². The molecule has 0 bridgehead atoms. The Bertz CT molecular complexity index is 452. The van der Waals surface area contributed by atoms with Crippen LogP contribution in [0.5, 0.6) is 0 Å². The number of hydrogen-bond donors (Lipinski definition) is 3. The maximum Gasteiger partial charge on any atom is 0.233 e. The maximum atomic E-state index is 11.5. The van der Waals surface area contributed by atoms with Crippen molar-refractivity contribution in [1.29, 1.82) is 0 Å². The Labute approximate surface area is 115 Å². The molecular formula is C11H13Cl2N3O2. The molecule has 18 heavy (non-hydrogen) atoms. The first-order valence-electron chi connectivity index (χ1n) is 5.27. The van der Waals surface area contributed by atoms with Crippen LogP contribution in [0.15, 0.2) is 18.2 Å². The number of amides is 2. The first-order chi connectivity index (χ1) is 8.52. The number of carbonyl (C=O) groups is 2. The van der Waals surface area contributed by atoms with Gasteiger partial charge in [-0.2, -0.15) is 0 Å². The van der Waals surface area contributed by atoms with E-state index in [4.69, 9.17) is 29.0 Å². The Morgan fingerprint density at radius 2 is 1.78 bits per heavy atom. The van der Waals surface area contributed by atoms with Gasteiger partial charge in [-0.25, -0.2) is 5.84 Å². The quantitative estimate of drug-likeness (QED) is 0.441. The van der Waals surface area contributed by atoms with E-state index in [9.17, 15) is 9.59 Å². The molecule has 0 aliphatic heterocycles. The van der Waals surface area contributed by atoms with Gasteiger partial charge in [0.05, 0.1) is 10.0 Å². The Hall–Kier alpha value is -1.30. The van der Waals surface area contributed by atoms with E-state index in [1.54, 1.807) is 18.2 Å². The highest BCUT2D eigenvalue weighted by molar-refractivity contribution is 6.42. The van der Waals surface area contributed by atoms with Crippen molar-refractivity contribution >= 4 is 40.7 Å². The molecule has 98 valence electrons. The van der Waals surface area contributed by atoms with Crippen LogP contribution in [0.2, 0.25) is 10.0 Å². The first kappa shape index (κ1) is 14.8. The molecule has 5 nitrogen and oxygen atoms in total. The highest BCUT2D eigenvalue weighted by Gasteiger charge is 2.06. The molecule has 0 aromatic heterocycles. The van der Waals surface area contributed by atoms with E-state index in [-0.39, 0.29) is 24.7 Å². The van der Waals surface area contributed by atoms with Gasteiger partial charge in [-0.3, -0.25) is 15.0 Å². The fourth-order valence-electron chi connectivity index (χ4n) is 1.28. The van der Waals surface area contributed by atoms with Crippen LogP contribution in [0.25, 0.3) is 0 Å². The third-order valence-electron chi connectivity index (χ3n) is 2.17. The van der Waals surface area contributed by atoms with Gasteiger partial charge in [0.25, 0.3) is 0 Å². The maximum absolute atomic E-state index is 11.5. The summed E-state index contributed by atoms with van der Waals surface area (Å²) < 4.78 is 0. The molecule has 0 atom stereocenters. The van der Waals surface area contributed by atoms with Gasteiger partial charge in [0.1, 0.15) is 0 Å². The fourth-order valence-corrected chi connectivity index (χ4v) is 1.58. The second-order valence-corrected chi connectivity index (χ2v) is 4.41. The predicted octanol–water partition coefficient (Wildman–Crippen LogP) is 2.09. The monoisotopic (exact) mass is 289 g/mol. The number of rotatable bonds is 5. The van der Waals surface area contributed by atoms with E-state index >= 15 is 0 Å². The molecule has 0 radical (unpaired) electrons. The molecule has 0 spiro atoms. The van der Waals surface area contributed by atoms with Gasteiger partial charge in [0.15, 0.2) is 0 Å². The summed E-state index contributed by atoms with van der Waals surface area (Å²) in [5, 5.41) is 3.45. The van der Waals surface area contributed by atoms with Gasteiger partial charge >= 0.3 is 0 Å². The number of carbonyl (C=O) groups excluding carboxylic acids is 2. The zero-order valence-electron chi connectivity index (χ0n) is 9.50. The highest BCUT2D eigenvalue weighted by atomic mass is 35.5. The molecule has 0 saturated carbocycles. The summed E-state index contributed by atoms with van der Waals surface area (Å²) in [5.74, 6) is 4.43. The van der Waals surface area contributed by atoms with Crippen LogP contribution in [-0.2, 0) is 9.59 Å². The number of nitrogens with one attached hydrogen (secondary N) is 2. The van der Waals surface area contributed by atoms with Crippen molar-refractivity contribution in [3.05, 3.63) is 28.2 Å². The number of hydrazine groups is 1. The van der Waals surface area contributed by atoms with Crippen LogP contribution in [0, 0.1) is 0 Å². The summed E-state index contributed by atoms with van der Waals surface area (Å²) in [6, 6.07) is 4.81. The third-order valence-corrected chi connectivity index (χ3v) is 2.91. The molecule has 0 fully saturated rings. The summed E-state index contributed by atoms with van der Waals surface area (Å²) in [7, 11) is 0. The average molecular weight is 290 g/mol. The molecule has 0 aliphatic rings. The summed E-state index contributed by atoms with van der Waals surface area (Å²) >= 11 is 11.6. The summed E-state index contributed by atoms with van der Waals surface area (Å²) in [6.45, 7) is 0. The van der Waals surface area contributed by atoms with Crippen LogP contribution in [0.4, 0.5) is 5.69 Å². The molecule has 4 N–H and O–H groups in total. The Kier molecular flexibility index (Phi) is 5.91. The number of nitrogens with two attached hydrogens (primary N) is 1. The lowest BCUT2D eigenvalue weighted by Gasteiger charge is -2.06. The van der Waals surface area contributed by atoms with Crippen molar-refractivity contribution in [2.75, 3.05) is 5.32 Å². The zero-order chi connectivity index (χ0) is 13.5. The minimum absolute atomic E-state index is 0.196. The smallest absolute Gasteiger partial charge is 0.233 e. The van der Waals surface area contributed by atoms with Crippen LogP contribution >= 0.6 is 23.2 Å². The van der Waals surface area contributed by atoms with Gasteiger partial charge in [-0.15, -0.1) is 0 Å². The van der Waals surface area contributed by atoms with Crippen molar-refractivity contribution in [2.45, 2.75) is 19.3 Å². The first-order valence-corrected chi connectivity index (χ1v) is 6.03. The molecule has 1 aromatic rings. The van der Waals surface area contributed by atoms with Gasteiger partial charge in [-0.1, -0.05) is 23.2 Å². The topological polar surface area (TPSA) is 84.2 Å². The summed E-state index contributed by atoms with van der Waals surface area (Å²) in [6.07, 6.45) is 0.870. The Morgan fingerprint density at radius 3 is 2.39 bits per heavy atom. The van der Waals surface area contributed by atoms with E-state index in [0.717, 1.165) is 0 Å². The van der Waals surface area contributed by atoms with E-state index in [2.05, 4.69) is 5.32 Å². The van der Waals surface area contributed by atoms with Crippen molar-refractivity contribution < 1.29 is 9.59 Å². The summed E-state index contributed by atoms with van der Waals surface area (Å²) in [4.78, 5) is 22.4. The molecule has 0 heterocycles. The molecule has 0 aliphatic carbocycles. The standard InChI is InChI=1S/C11H13Cl2N3O2/c12-8-5-4-7(6-9(8)13)15-10(17)2-1-3-11(18)16-14/h4-6H,1-3,14H2,(H,15,17)(H,16,18). The van der Waals surface area contributed by atoms with Crippen molar-refractivity contribution in [3.63, 3.8) is 0 Å². The van der Waals surface area contributed by atoms with Gasteiger partial charge < -0.3 is 5.32 Å². The van der Waals surface area contributed by atoms with Crippen molar-refractivity contribution in [3.8, 4) is 0 Å². The number of benzene rings is 1. The minimum atomic E-state index is -0.294. The Morgan fingerprint density at radius 1 is 1.11 bits per heavy atom. The highest BCUT2D eigenvalue weighted by Crippen LogP contribution is 2.25. The van der Waals surface area contributed by atoms with Gasteiger partial charge in [0, 0.05) is 18.5 Å². The van der Waals surface area contributed by atoms with E-state index in [0.29, 0.717) is 22.2 Å². The lowest BCUT2D eigenvalue weighted by molar-refractivity contribution is -0.121. The van der Waals surface area contributed by atoms with E-state index in [1.807, 2.05) is 5.43 Å². The Balaban J connectivity index is 2.40. The number of anilines is 1. The lowest BCUT2D eigenvalue weighted by atomic mass is 10.2. The van der Waals surface area contributed by atoms with Crippen molar-refractivity contribution in [1.82, 2.24) is 5.43 Å². The largest absolute Gasteiger partial charge is 0.326 e. The molecule has 7 heteroatoms. The van der Waals surface area contributed by atoms with Crippen LogP contribution in [-0.4, -0.2) is 11.8 Å². The predicted molar refractivity (Wildman–Crippen MR) is 71.3 cm³/mol. The van der Waals surface area contributed by atoms with Crippen LogP contribution < -0.4 is 16.6 Å². The fraction of sp³-hybridized carbons (Fsp3) is 0.273. The number of hydrogen-bond acceptors (Lipinski definition) is 3. The average Bonchev–Trinajstić information content (AvgIpc) is 2.33. The third kappa shape index (κ3) is 4.91. The van der Waals surface area contributed by atoms with Crippen LogP contribution in [0.3, 0.4) is 0 Å². The number of halogens is 2. The van der Waals surface area contributed by atoms with Crippen LogP contribution in [0.1, 0.15) is 19.3 Å². The zero-order valence-corrected chi connectivity index (χ0v) is 11.0. The van der Waals surface area contributed by atoms with E-state index < -0.39 is 0 Å². The SMILES string of the molecule is NNC(=O)CCCC(=O)Nc1ccc(Cl)c(Cl)c1. The van der Waals surface area contributed by atoms with Gasteiger partial charge in [-0.05, 0) is 24.6 Å². The lowest BCUT2D eigenvalue weighted by Crippen LogP contribution is -2.29.